The predicted molar refractivity (Wildman–Crippen MR) is 137 cm³/mol. The number of hydrogen-bond acceptors (Lipinski definition) is 7. The molecule has 6 nitrogen and oxygen atoms in total. The van der Waals surface area contributed by atoms with Crippen LogP contribution >= 0.6 is 11.3 Å². The Bertz CT molecular complexity index is 1440. The first-order chi connectivity index (χ1) is 16.1. The van der Waals surface area contributed by atoms with Gasteiger partial charge in [-0.05, 0) is 48.9 Å². The third-order valence-electron chi connectivity index (χ3n) is 5.65. The first kappa shape index (κ1) is 23.7. The van der Waals surface area contributed by atoms with E-state index in [-0.39, 0.29) is 5.41 Å². The summed E-state index contributed by atoms with van der Waals surface area (Å²) < 4.78 is 11.2. The molecule has 0 spiro atoms. The van der Waals surface area contributed by atoms with E-state index in [2.05, 4.69) is 79.6 Å². The smallest absolute Gasteiger partial charge is 0.350 e. The monoisotopic (exact) mass is 475 g/mol. The van der Waals surface area contributed by atoms with Crippen molar-refractivity contribution in [2.45, 2.75) is 47.0 Å². The average Bonchev–Trinajstić information content (AvgIpc) is 3.17. The molecule has 0 radical (unpaired) electrons. The summed E-state index contributed by atoms with van der Waals surface area (Å²) in [7, 11) is 1.36. The number of ether oxygens (including phenoxy) is 1. The van der Waals surface area contributed by atoms with Gasteiger partial charge < -0.3 is 9.15 Å². The van der Waals surface area contributed by atoms with Gasteiger partial charge in [-0.25, -0.2) is 9.78 Å². The van der Waals surface area contributed by atoms with Gasteiger partial charge in [0.15, 0.2) is 0 Å². The number of esters is 1. The molecule has 2 aromatic heterocycles. The Morgan fingerprint density at radius 3 is 2.44 bits per heavy atom. The molecule has 2 aromatic carbocycles. The van der Waals surface area contributed by atoms with Crippen LogP contribution in [0, 0.1) is 20.8 Å². The molecule has 1 N–H and O–H groups in total. The van der Waals surface area contributed by atoms with Gasteiger partial charge in [-0.3, -0.25) is 5.43 Å². The molecule has 34 heavy (non-hydrogen) atoms. The van der Waals surface area contributed by atoms with E-state index in [9.17, 15) is 4.79 Å². The van der Waals surface area contributed by atoms with Crippen LogP contribution in [0.3, 0.4) is 0 Å². The highest BCUT2D eigenvalue weighted by Crippen LogP contribution is 2.29. The Balaban J connectivity index is 1.83. The van der Waals surface area contributed by atoms with Crippen molar-refractivity contribution in [1.82, 2.24) is 4.98 Å². The van der Waals surface area contributed by atoms with Crippen molar-refractivity contribution < 1.29 is 13.9 Å². The quantitative estimate of drug-likeness (QED) is 0.269. The predicted octanol–water partition coefficient (Wildman–Crippen LogP) is 6.49. The number of carbonyl (C=O) groups is 1. The van der Waals surface area contributed by atoms with E-state index in [1.807, 2.05) is 13.0 Å². The SMILES string of the molecule is COC(=O)c1sc(NN=c2cc(-c3ccc(C(C)(C)C)cc3)oc3c(C)cc(C)cc23)nc1C. The van der Waals surface area contributed by atoms with Crippen LogP contribution in [-0.4, -0.2) is 18.1 Å². The number of carbonyl (C=O) groups excluding carboxylic acids is 1. The van der Waals surface area contributed by atoms with E-state index in [0.29, 0.717) is 15.7 Å². The highest BCUT2D eigenvalue weighted by atomic mass is 32.1. The van der Waals surface area contributed by atoms with Gasteiger partial charge in [-0.15, -0.1) is 0 Å². The number of nitrogens with zero attached hydrogens (tertiary/aromatic N) is 2. The summed E-state index contributed by atoms with van der Waals surface area (Å²) in [5.41, 5.74) is 8.89. The van der Waals surface area contributed by atoms with Crippen molar-refractivity contribution >= 4 is 33.4 Å². The van der Waals surface area contributed by atoms with Crippen molar-refractivity contribution in [3.8, 4) is 11.3 Å². The van der Waals surface area contributed by atoms with Crippen molar-refractivity contribution in [2.75, 3.05) is 12.5 Å². The third kappa shape index (κ3) is 4.75. The van der Waals surface area contributed by atoms with E-state index >= 15 is 0 Å². The molecule has 0 aliphatic rings. The lowest BCUT2D eigenvalue weighted by Gasteiger charge is -2.19. The zero-order chi connectivity index (χ0) is 24.6. The van der Waals surface area contributed by atoms with Gasteiger partial charge in [0.05, 0.1) is 18.2 Å². The summed E-state index contributed by atoms with van der Waals surface area (Å²) in [5, 5.41) is 6.81. The lowest BCUT2D eigenvalue weighted by atomic mass is 9.86. The van der Waals surface area contributed by atoms with Gasteiger partial charge in [-0.1, -0.05) is 62.4 Å². The van der Waals surface area contributed by atoms with Crippen LogP contribution in [0.2, 0.25) is 0 Å². The van der Waals surface area contributed by atoms with E-state index in [0.717, 1.165) is 38.8 Å². The Labute approximate surface area is 203 Å². The number of fused-ring (bicyclic) bond motifs is 1. The summed E-state index contributed by atoms with van der Waals surface area (Å²) in [6.45, 7) is 12.5. The molecule has 0 amide bonds. The molecular weight excluding hydrogens is 446 g/mol. The maximum Gasteiger partial charge on any atom is 0.350 e. The first-order valence-corrected chi connectivity index (χ1v) is 11.9. The minimum absolute atomic E-state index is 0.0759. The lowest BCUT2D eigenvalue weighted by molar-refractivity contribution is 0.0605. The van der Waals surface area contributed by atoms with Gasteiger partial charge in [0.2, 0.25) is 5.13 Å². The second-order valence-electron chi connectivity index (χ2n) is 9.43. The van der Waals surface area contributed by atoms with Gasteiger partial charge in [0.25, 0.3) is 0 Å². The molecule has 0 fully saturated rings. The molecule has 4 rings (SSSR count). The lowest BCUT2D eigenvalue weighted by Crippen LogP contribution is -2.10. The number of aromatic nitrogens is 1. The maximum atomic E-state index is 11.9. The largest absolute Gasteiger partial charge is 0.465 e. The molecule has 2 heterocycles. The van der Waals surface area contributed by atoms with Crippen LogP contribution in [0.25, 0.3) is 22.3 Å². The van der Waals surface area contributed by atoms with Crippen LogP contribution in [-0.2, 0) is 10.2 Å². The summed E-state index contributed by atoms with van der Waals surface area (Å²) >= 11 is 1.21. The maximum absolute atomic E-state index is 11.9. The average molecular weight is 476 g/mol. The number of hydrogen-bond donors (Lipinski definition) is 1. The minimum atomic E-state index is -0.403. The number of benzene rings is 2. The molecule has 0 bridgehead atoms. The van der Waals surface area contributed by atoms with E-state index < -0.39 is 5.97 Å². The van der Waals surface area contributed by atoms with Crippen molar-refractivity contribution in [3.63, 3.8) is 0 Å². The molecule has 0 atom stereocenters. The van der Waals surface area contributed by atoms with Crippen LogP contribution < -0.4 is 10.8 Å². The highest BCUT2D eigenvalue weighted by molar-refractivity contribution is 7.17. The fourth-order valence-electron chi connectivity index (χ4n) is 3.83. The fraction of sp³-hybridized carbons (Fsp3) is 0.296. The number of aryl methyl sites for hydroxylation is 3. The minimum Gasteiger partial charge on any atom is -0.465 e. The Hall–Kier alpha value is -3.45. The Morgan fingerprint density at radius 2 is 1.79 bits per heavy atom. The second-order valence-corrected chi connectivity index (χ2v) is 10.4. The van der Waals surface area contributed by atoms with Crippen molar-refractivity contribution in [2.24, 2.45) is 5.10 Å². The topological polar surface area (TPSA) is 76.7 Å². The first-order valence-electron chi connectivity index (χ1n) is 11.1. The standard InChI is InChI=1S/C27H29N3O3S/c1-15-12-16(2)23-20(13-15)21(29-30-26-28-17(3)24(34-26)25(31)32-7)14-22(33-23)18-8-10-19(11-9-18)27(4,5)6/h8-14H,1-7H3,(H,28,30). The molecule has 0 unspecified atom stereocenters. The normalized spacial score (nSPS) is 12.3. The van der Waals surface area contributed by atoms with Gasteiger partial charge in [0.1, 0.15) is 16.2 Å². The fourth-order valence-corrected chi connectivity index (χ4v) is 4.65. The van der Waals surface area contributed by atoms with E-state index in [1.54, 1.807) is 6.92 Å². The molecule has 0 aliphatic heterocycles. The number of methoxy groups -OCH3 is 1. The summed E-state index contributed by atoms with van der Waals surface area (Å²) in [6, 6.07) is 14.5. The van der Waals surface area contributed by atoms with Crippen LogP contribution in [0.15, 0.2) is 52.0 Å². The molecular formula is C27H29N3O3S. The number of nitrogens with one attached hydrogen (secondary N) is 1. The zero-order valence-electron chi connectivity index (χ0n) is 20.6. The molecule has 4 aromatic rings. The molecule has 0 aliphatic carbocycles. The second kappa shape index (κ2) is 9.06. The van der Waals surface area contributed by atoms with Gasteiger partial charge in [-0.2, -0.15) is 5.10 Å². The molecule has 0 saturated carbocycles. The Morgan fingerprint density at radius 1 is 1.09 bits per heavy atom. The number of thiazole rings is 1. The molecule has 0 saturated heterocycles. The summed E-state index contributed by atoms with van der Waals surface area (Å²) in [4.78, 5) is 16.8. The summed E-state index contributed by atoms with van der Waals surface area (Å²) in [6.07, 6.45) is 0. The number of anilines is 1. The zero-order valence-corrected chi connectivity index (χ0v) is 21.4. The van der Waals surface area contributed by atoms with Crippen LogP contribution in [0.1, 0.15) is 52.8 Å². The van der Waals surface area contributed by atoms with Crippen LogP contribution in [0.4, 0.5) is 5.13 Å². The van der Waals surface area contributed by atoms with Crippen LogP contribution in [0.5, 0.6) is 0 Å². The van der Waals surface area contributed by atoms with E-state index in [4.69, 9.17) is 9.15 Å². The van der Waals surface area contributed by atoms with Crippen molar-refractivity contribution in [3.05, 3.63) is 75.1 Å². The Kier molecular flexibility index (Phi) is 6.32. The van der Waals surface area contributed by atoms with Crippen molar-refractivity contribution in [1.29, 1.82) is 0 Å². The molecule has 176 valence electrons. The van der Waals surface area contributed by atoms with Gasteiger partial charge in [0, 0.05) is 17.0 Å². The van der Waals surface area contributed by atoms with Gasteiger partial charge >= 0.3 is 5.97 Å². The van der Waals surface area contributed by atoms with E-state index in [1.165, 1.54) is 24.0 Å². The highest BCUT2D eigenvalue weighted by Gasteiger charge is 2.16. The summed E-state index contributed by atoms with van der Waals surface area (Å²) in [5.74, 6) is 0.324. The number of rotatable bonds is 4. The third-order valence-corrected chi connectivity index (χ3v) is 6.69. The molecule has 7 heteroatoms.